The maximum atomic E-state index is 12.4. The summed E-state index contributed by atoms with van der Waals surface area (Å²) in [7, 11) is 0. The van der Waals surface area contributed by atoms with E-state index in [0.717, 1.165) is 34.3 Å². The molecule has 27 heavy (non-hydrogen) atoms. The van der Waals surface area contributed by atoms with E-state index in [-0.39, 0.29) is 12.2 Å². The lowest BCUT2D eigenvalue weighted by atomic mass is 10.2. The van der Waals surface area contributed by atoms with E-state index >= 15 is 0 Å². The molecule has 138 valence electrons. The predicted octanol–water partition coefficient (Wildman–Crippen LogP) is 2.20. The Morgan fingerprint density at radius 2 is 1.96 bits per heavy atom. The Labute approximate surface area is 154 Å². The molecule has 2 aromatic heterocycles. The van der Waals surface area contributed by atoms with Crippen molar-refractivity contribution in [1.29, 1.82) is 0 Å². The van der Waals surface area contributed by atoms with Crippen molar-refractivity contribution in [2.45, 2.75) is 20.4 Å². The maximum Gasteiger partial charge on any atom is 0.285 e. The van der Waals surface area contributed by atoms with Gasteiger partial charge in [-0.2, -0.15) is 5.10 Å². The predicted molar refractivity (Wildman–Crippen MR) is 99.0 cm³/mol. The Morgan fingerprint density at radius 1 is 1.22 bits per heavy atom. The number of anilines is 1. The number of pyridine rings is 1. The molecule has 3 rings (SSSR count). The van der Waals surface area contributed by atoms with Crippen molar-refractivity contribution in [2.24, 2.45) is 0 Å². The Kier molecular flexibility index (Phi) is 4.84. The smallest absolute Gasteiger partial charge is 0.285 e. The summed E-state index contributed by atoms with van der Waals surface area (Å²) in [6.45, 7) is 3.44. The first kappa shape index (κ1) is 18.1. The zero-order valence-corrected chi connectivity index (χ0v) is 14.7. The van der Waals surface area contributed by atoms with Crippen LogP contribution in [0.15, 0.2) is 53.5 Å². The number of hydrogen-bond acceptors (Lipinski definition) is 5. The lowest BCUT2D eigenvalue weighted by molar-refractivity contribution is -0.385. The number of amides is 1. The number of carbonyl (C=O) groups excluding carboxylic acids is 1. The molecule has 9 nitrogen and oxygen atoms in total. The van der Waals surface area contributed by atoms with Crippen molar-refractivity contribution in [1.82, 2.24) is 14.3 Å². The van der Waals surface area contributed by atoms with Gasteiger partial charge in [-0.3, -0.25) is 24.3 Å². The second-order valence-electron chi connectivity index (χ2n) is 6.01. The third-order valence-corrected chi connectivity index (χ3v) is 3.91. The van der Waals surface area contributed by atoms with E-state index < -0.39 is 16.4 Å². The molecule has 0 aliphatic rings. The number of hydrogen-bond donors (Lipinski definition) is 1. The van der Waals surface area contributed by atoms with Gasteiger partial charge in [0, 0.05) is 17.8 Å². The number of para-hydroxylation sites is 2. The molecule has 0 fully saturated rings. The standard InChI is InChI=1S/C18H17N5O4/c1-12-9-13(2)22(20-12)16-6-4-3-5-15(16)19-17(24)11-21-10-14(23(26)27)7-8-18(21)25/h3-10H,11H2,1-2H3,(H,19,24). The lowest BCUT2D eigenvalue weighted by Crippen LogP contribution is -2.27. The van der Waals surface area contributed by atoms with E-state index in [1.165, 1.54) is 0 Å². The fourth-order valence-electron chi connectivity index (χ4n) is 2.73. The molecule has 0 radical (unpaired) electrons. The van der Waals surface area contributed by atoms with Crippen LogP contribution in [0.25, 0.3) is 5.69 Å². The summed E-state index contributed by atoms with van der Waals surface area (Å²) in [6.07, 6.45) is 1.05. The number of carbonyl (C=O) groups is 1. The Balaban J connectivity index is 1.86. The summed E-state index contributed by atoms with van der Waals surface area (Å²) in [6, 6.07) is 11.2. The molecule has 9 heteroatoms. The number of benzene rings is 1. The normalized spacial score (nSPS) is 10.6. The van der Waals surface area contributed by atoms with Crippen LogP contribution >= 0.6 is 0 Å². The van der Waals surface area contributed by atoms with Crippen LogP contribution in [-0.4, -0.2) is 25.2 Å². The van der Waals surface area contributed by atoms with Crippen LogP contribution in [0.1, 0.15) is 11.4 Å². The van der Waals surface area contributed by atoms with Gasteiger partial charge in [-0.25, -0.2) is 4.68 Å². The molecule has 3 aromatic rings. The van der Waals surface area contributed by atoms with Gasteiger partial charge in [0.05, 0.1) is 28.2 Å². The number of nitro groups is 1. The highest BCUT2D eigenvalue weighted by Gasteiger charge is 2.14. The second-order valence-corrected chi connectivity index (χ2v) is 6.01. The number of aromatic nitrogens is 3. The SMILES string of the molecule is Cc1cc(C)n(-c2ccccc2NC(=O)Cn2cc([N+](=O)[O-])ccc2=O)n1. The molecule has 0 spiro atoms. The van der Waals surface area contributed by atoms with E-state index in [1.807, 2.05) is 32.0 Å². The van der Waals surface area contributed by atoms with E-state index in [0.29, 0.717) is 11.4 Å². The van der Waals surface area contributed by atoms with Gasteiger partial charge < -0.3 is 5.32 Å². The van der Waals surface area contributed by atoms with Crippen molar-refractivity contribution < 1.29 is 9.72 Å². The molecule has 0 unspecified atom stereocenters. The second kappa shape index (κ2) is 7.24. The van der Waals surface area contributed by atoms with E-state index in [9.17, 15) is 19.7 Å². The van der Waals surface area contributed by atoms with Crippen molar-refractivity contribution in [3.8, 4) is 5.69 Å². The molecule has 1 aromatic carbocycles. The first-order valence-corrected chi connectivity index (χ1v) is 8.12. The summed E-state index contributed by atoms with van der Waals surface area (Å²) < 4.78 is 2.71. The highest BCUT2D eigenvalue weighted by atomic mass is 16.6. The molecule has 0 bridgehead atoms. The number of aryl methyl sites for hydroxylation is 2. The summed E-state index contributed by atoms with van der Waals surface area (Å²) in [5.41, 5.74) is 2.20. The van der Waals surface area contributed by atoms with Crippen LogP contribution in [0.2, 0.25) is 0 Å². The van der Waals surface area contributed by atoms with Crippen molar-refractivity contribution in [3.63, 3.8) is 0 Å². The minimum Gasteiger partial charge on any atom is -0.323 e. The highest BCUT2D eigenvalue weighted by Crippen LogP contribution is 2.21. The van der Waals surface area contributed by atoms with E-state index in [4.69, 9.17) is 0 Å². The third-order valence-electron chi connectivity index (χ3n) is 3.91. The van der Waals surface area contributed by atoms with Crippen LogP contribution in [0, 0.1) is 24.0 Å². The zero-order valence-electron chi connectivity index (χ0n) is 14.7. The van der Waals surface area contributed by atoms with Gasteiger partial charge in [0.25, 0.3) is 11.2 Å². The van der Waals surface area contributed by atoms with Crippen molar-refractivity contribution in [2.75, 3.05) is 5.32 Å². The first-order chi connectivity index (χ1) is 12.8. The van der Waals surface area contributed by atoms with Crippen LogP contribution in [0.5, 0.6) is 0 Å². The highest BCUT2D eigenvalue weighted by molar-refractivity contribution is 5.92. The lowest BCUT2D eigenvalue weighted by Gasteiger charge is -2.13. The molecule has 2 heterocycles. The van der Waals surface area contributed by atoms with Gasteiger partial charge in [-0.05, 0) is 32.0 Å². The van der Waals surface area contributed by atoms with Crippen LogP contribution in [-0.2, 0) is 11.3 Å². The molecule has 1 N–H and O–H groups in total. The maximum absolute atomic E-state index is 12.4. The molecule has 0 aliphatic carbocycles. The molecule has 0 saturated heterocycles. The molecular weight excluding hydrogens is 350 g/mol. The van der Waals surface area contributed by atoms with Gasteiger partial charge in [0.1, 0.15) is 6.54 Å². The minimum atomic E-state index is -0.619. The summed E-state index contributed by atoms with van der Waals surface area (Å²) in [4.78, 5) is 34.5. The van der Waals surface area contributed by atoms with E-state index in [2.05, 4.69) is 10.4 Å². The third kappa shape index (κ3) is 3.92. The van der Waals surface area contributed by atoms with Crippen molar-refractivity contribution in [3.05, 3.63) is 80.5 Å². The summed E-state index contributed by atoms with van der Waals surface area (Å²) in [5, 5.41) is 18.0. The van der Waals surface area contributed by atoms with Gasteiger partial charge in [0.15, 0.2) is 0 Å². The van der Waals surface area contributed by atoms with Crippen LogP contribution in [0.4, 0.5) is 11.4 Å². The van der Waals surface area contributed by atoms with Crippen molar-refractivity contribution >= 4 is 17.3 Å². The fraction of sp³-hybridized carbons (Fsp3) is 0.167. The number of rotatable bonds is 5. The Hall–Kier alpha value is -3.75. The Bertz CT molecular complexity index is 1080. The van der Waals surface area contributed by atoms with E-state index in [1.54, 1.807) is 16.8 Å². The Morgan fingerprint density at radius 3 is 2.63 bits per heavy atom. The molecule has 0 saturated carbocycles. The minimum absolute atomic E-state index is 0.259. The van der Waals surface area contributed by atoms with Gasteiger partial charge >= 0.3 is 0 Å². The van der Waals surface area contributed by atoms with Crippen LogP contribution in [0.3, 0.4) is 0 Å². The summed E-state index contributed by atoms with van der Waals surface area (Å²) >= 11 is 0. The fourth-order valence-corrected chi connectivity index (χ4v) is 2.73. The molecule has 0 atom stereocenters. The van der Waals surface area contributed by atoms with Gasteiger partial charge in [0.2, 0.25) is 5.91 Å². The average Bonchev–Trinajstić information content (AvgIpc) is 2.95. The van der Waals surface area contributed by atoms with Crippen LogP contribution < -0.4 is 10.9 Å². The molecule has 0 aliphatic heterocycles. The first-order valence-electron chi connectivity index (χ1n) is 8.12. The topological polar surface area (TPSA) is 112 Å². The number of nitrogens with one attached hydrogen (secondary N) is 1. The molecule has 1 amide bonds. The molecular formula is C18H17N5O4. The number of nitrogens with zero attached hydrogens (tertiary/aromatic N) is 4. The zero-order chi connectivity index (χ0) is 19.6. The monoisotopic (exact) mass is 367 g/mol. The van der Waals surface area contributed by atoms with Gasteiger partial charge in [-0.1, -0.05) is 12.1 Å². The van der Waals surface area contributed by atoms with Gasteiger partial charge in [-0.15, -0.1) is 0 Å². The quantitative estimate of drug-likeness (QED) is 0.549. The average molecular weight is 367 g/mol. The summed E-state index contributed by atoms with van der Waals surface area (Å²) in [5.74, 6) is -0.480. The largest absolute Gasteiger partial charge is 0.323 e.